The third-order valence-corrected chi connectivity index (χ3v) is 2.82. The van der Waals surface area contributed by atoms with Gasteiger partial charge in [-0.05, 0) is 43.7 Å². The van der Waals surface area contributed by atoms with Crippen molar-refractivity contribution in [3.63, 3.8) is 0 Å². The number of aromatic nitrogens is 2. The minimum absolute atomic E-state index is 0.677. The van der Waals surface area contributed by atoms with E-state index in [0.29, 0.717) is 6.61 Å². The fraction of sp³-hybridized carbons (Fsp3) is 0.333. The van der Waals surface area contributed by atoms with Crippen molar-refractivity contribution < 1.29 is 4.74 Å². The van der Waals surface area contributed by atoms with E-state index in [2.05, 4.69) is 15.3 Å². The first-order chi connectivity index (χ1) is 9.40. The van der Waals surface area contributed by atoms with Crippen molar-refractivity contribution in [3.8, 4) is 5.88 Å². The summed E-state index contributed by atoms with van der Waals surface area (Å²) in [6.07, 6.45) is 7.37. The zero-order chi connectivity index (χ0) is 13.3. The Bertz CT molecular complexity index is 488. The molecule has 2 aromatic rings. The Labute approximate surface area is 113 Å². The maximum Gasteiger partial charge on any atom is 0.217 e. The zero-order valence-electron chi connectivity index (χ0n) is 11.2. The van der Waals surface area contributed by atoms with Crippen molar-refractivity contribution in [1.29, 1.82) is 0 Å². The first-order valence-corrected chi connectivity index (χ1v) is 6.50. The molecular formula is C15H19N3O. The van der Waals surface area contributed by atoms with Gasteiger partial charge in [-0.1, -0.05) is 6.07 Å². The Hall–Kier alpha value is -1.94. The molecule has 0 aliphatic heterocycles. The molecule has 2 aromatic heterocycles. The van der Waals surface area contributed by atoms with Gasteiger partial charge in [0, 0.05) is 30.7 Å². The fourth-order valence-electron chi connectivity index (χ4n) is 1.87. The van der Waals surface area contributed by atoms with E-state index in [4.69, 9.17) is 4.74 Å². The van der Waals surface area contributed by atoms with Crippen molar-refractivity contribution in [2.24, 2.45) is 0 Å². The minimum atomic E-state index is 0.677. The average molecular weight is 257 g/mol. The summed E-state index contributed by atoms with van der Waals surface area (Å²) in [5, 5.41) is 3.11. The van der Waals surface area contributed by atoms with Crippen LogP contribution in [0.25, 0.3) is 0 Å². The molecule has 0 saturated carbocycles. The summed E-state index contributed by atoms with van der Waals surface area (Å²) in [5.74, 6) is 0.728. The van der Waals surface area contributed by atoms with Crippen LogP contribution in [0.3, 0.4) is 0 Å². The van der Waals surface area contributed by atoms with Crippen LogP contribution < -0.4 is 10.1 Å². The Balaban J connectivity index is 1.79. The van der Waals surface area contributed by atoms with Crippen LogP contribution >= 0.6 is 0 Å². The number of pyridine rings is 2. The molecule has 0 radical (unpaired) electrons. The molecule has 0 fully saturated rings. The van der Waals surface area contributed by atoms with Crippen LogP contribution in [0, 0.1) is 0 Å². The molecule has 2 heterocycles. The quantitative estimate of drug-likeness (QED) is 0.773. The molecular weight excluding hydrogens is 238 g/mol. The van der Waals surface area contributed by atoms with E-state index in [1.54, 1.807) is 6.20 Å². The van der Waals surface area contributed by atoms with Gasteiger partial charge >= 0.3 is 0 Å². The lowest BCUT2D eigenvalue weighted by molar-refractivity contribution is 0.295. The molecule has 0 bridgehead atoms. The van der Waals surface area contributed by atoms with Crippen molar-refractivity contribution in [1.82, 2.24) is 15.3 Å². The van der Waals surface area contributed by atoms with Gasteiger partial charge in [0.1, 0.15) is 0 Å². The molecule has 0 amide bonds. The number of ether oxygens (including phenoxy) is 1. The van der Waals surface area contributed by atoms with E-state index in [9.17, 15) is 0 Å². The van der Waals surface area contributed by atoms with E-state index < -0.39 is 0 Å². The van der Waals surface area contributed by atoms with Crippen LogP contribution in [0.5, 0.6) is 5.88 Å². The number of hydrogen-bond donors (Lipinski definition) is 1. The van der Waals surface area contributed by atoms with Gasteiger partial charge in [-0.25, -0.2) is 4.98 Å². The van der Waals surface area contributed by atoms with Gasteiger partial charge in [-0.15, -0.1) is 0 Å². The van der Waals surface area contributed by atoms with E-state index in [1.165, 1.54) is 5.56 Å². The molecule has 0 spiro atoms. The number of aryl methyl sites for hydroxylation is 1. The predicted molar refractivity (Wildman–Crippen MR) is 75.1 cm³/mol. The summed E-state index contributed by atoms with van der Waals surface area (Å²) < 4.78 is 5.74. The summed E-state index contributed by atoms with van der Waals surface area (Å²) in [7, 11) is 1.92. The summed E-state index contributed by atoms with van der Waals surface area (Å²) in [4.78, 5) is 8.27. The lowest BCUT2D eigenvalue weighted by Crippen LogP contribution is -2.09. The maximum atomic E-state index is 5.74. The van der Waals surface area contributed by atoms with Gasteiger partial charge in [-0.3, -0.25) is 4.98 Å². The van der Waals surface area contributed by atoms with Crippen molar-refractivity contribution in [2.45, 2.75) is 19.4 Å². The summed E-state index contributed by atoms with van der Waals surface area (Å²) in [6, 6.07) is 8.03. The van der Waals surface area contributed by atoms with Gasteiger partial charge in [0.05, 0.1) is 6.61 Å². The molecule has 100 valence electrons. The summed E-state index contributed by atoms with van der Waals surface area (Å²) in [6.45, 7) is 1.45. The molecule has 4 nitrogen and oxygen atoms in total. The first kappa shape index (κ1) is 13.5. The first-order valence-electron chi connectivity index (χ1n) is 6.50. The highest BCUT2D eigenvalue weighted by atomic mass is 16.5. The third-order valence-electron chi connectivity index (χ3n) is 2.82. The lowest BCUT2D eigenvalue weighted by Gasteiger charge is -2.09. The molecule has 0 aromatic carbocycles. The molecule has 0 unspecified atom stereocenters. The van der Waals surface area contributed by atoms with Crippen LogP contribution in [0.4, 0.5) is 0 Å². The molecule has 1 N–H and O–H groups in total. The van der Waals surface area contributed by atoms with Crippen molar-refractivity contribution in [2.75, 3.05) is 13.7 Å². The van der Waals surface area contributed by atoms with Crippen LogP contribution in [0.15, 0.2) is 42.9 Å². The normalized spacial score (nSPS) is 10.4. The van der Waals surface area contributed by atoms with Crippen LogP contribution in [0.2, 0.25) is 0 Å². The Kier molecular flexibility index (Phi) is 5.31. The average Bonchev–Trinajstić information content (AvgIpc) is 2.47. The van der Waals surface area contributed by atoms with E-state index in [0.717, 1.165) is 30.8 Å². The summed E-state index contributed by atoms with van der Waals surface area (Å²) in [5.41, 5.74) is 2.38. The maximum absolute atomic E-state index is 5.74. The topological polar surface area (TPSA) is 47.0 Å². The molecule has 0 saturated heterocycles. The molecule has 0 aliphatic rings. The SMILES string of the molecule is CNCc1cccnc1OCCCc1ccncc1. The largest absolute Gasteiger partial charge is 0.477 e. The minimum Gasteiger partial charge on any atom is -0.477 e. The van der Waals surface area contributed by atoms with Gasteiger partial charge in [0.25, 0.3) is 0 Å². The monoisotopic (exact) mass is 257 g/mol. The van der Waals surface area contributed by atoms with Gasteiger partial charge in [0.15, 0.2) is 0 Å². The number of hydrogen-bond acceptors (Lipinski definition) is 4. The lowest BCUT2D eigenvalue weighted by atomic mass is 10.1. The highest BCUT2D eigenvalue weighted by Gasteiger charge is 2.03. The molecule has 19 heavy (non-hydrogen) atoms. The van der Waals surface area contributed by atoms with Gasteiger partial charge in [-0.2, -0.15) is 0 Å². The van der Waals surface area contributed by atoms with E-state index in [-0.39, 0.29) is 0 Å². The second kappa shape index (κ2) is 7.48. The van der Waals surface area contributed by atoms with E-state index >= 15 is 0 Å². The number of nitrogens with one attached hydrogen (secondary N) is 1. The smallest absolute Gasteiger partial charge is 0.217 e. The van der Waals surface area contributed by atoms with Gasteiger partial charge < -0.3 is 10.1 Å². The zero-order valence-corrected chi connectivity index (χ0v) is 11.2. The van der Waals surface area contributed by atoms with Crippen molar-refractivity contribution >= 4 is 0 Å². The number of nitrogens with zero attached hydrogens (tertiary/aromatic N) is 2. The van der Waals surface area contributed by atoms with E-state index in [1.807, 2.05) is 43.7 Å². The third kappa shape index (κ3) is 4.34. The second-order valence-corrected chi connectivity index (χ2v) is 4.31. The number of rotatable bonds is 7. The Morgan fingerprint density at radius 3 is 2.79 bits per heavy atom. The molecule has 0 atom stereocenters. The second-order valence-electron chi connectivity index (χ2n) is 4.31. The van der Waals surface area contributed by atoms with Gasteiger partial charge in [0.2, 0.25) is 5.88 Å². The molecule has 4 heteroatoms. The summed E-state index contributed by atoms with van der Waals surface area (Å²) >= 11 is 0. The Morgan fingerprint density at radius 1 is 1.16 bits per heavy atom. The van der Waals surface area contributed by atoms with Crippen LogP contribution in [-0.4, -0.2) is 23.6 Å². The molecule has 0 aliphatic carbocycles. The predicted octanol–water partition coefficient (Wildman–Crippen LogP) is 2.21. The van der Waals surface area contributed by atoms with Crippen LogP contribution in [-0.2, 0) is 13.0 Å². The Morgan fingerprint density at radius 2 is 2.00 bits per heavy atom. The highest BCUT2D eigenvalue weighted by molar-refractivity contribution is 5.25. The van der Waals surface area contributed by atoms with Crippen LogP contribution in [0.1, 0.15) is 17.5 Å². The molecule has 2 rings (SSSR count). The van der Waals surface area contributed by atoms with Crippen molar-refractivity contribution in [3.05, 3.63) is 54.0 Å². The highest BCUT2D eigenvalue weighted by Crippen LogP contribution is 2.14. The fourth-order valence-corrected chi connectivity index (χ4v) is 1.87. The standard InChI is InChI=1S/C15H19N3O/c1-16-12-14-5-2-8-18-15(14)19-11-3-4-13-6-9-17-10-7-13/h2,5-10,16H,3-4,11-12H2,1H3.